The molecule has 1 unspecified atom stereocenters. The number of allylic oxidation sites excluding steroid dienone is 1. The van der Waals surface area contributed by atoms with Crippen molar-refractivity contribution in [1.82, 2.24) is 15.0 Å². The van der Waals surface area contributed by atoms with Gasteiger partial charge in [0.1, 0.15) is 28.1 Å². The lowest BCUT2D eigenvalue weighted by Crippen LogP contribution is -2.22. The number of hydrogen-bond acceptors (Lipinski definition) is 7. The Morgan fingerprint density at radius 1 is 0.238 bits per heavy atom. The van der Waals surface area contributed by atoms with E-state index >= 15 is 0 Å². The molecule has 7 heteroatoms. The Morgan fingerprint density at radius 2 is 0.615 bits per heavy atom. The first-order chi connectivity index (χ1) is 63.8. The maximum absolute atomic E-state index is 7.09. The number of nitrogens with zero attached hydrogens (tertiary/aromatic N) is 3. The van der Waals surface area contributed by atoms with E-state index in [0.29, 0.717) is 17.7 Å². The smallest absolute Gasteiger partial charge is 0.227 e. The molecule has 0 saturated heterocycles. The fourth-order valence-electron chi connectivity index (χ4n) is 20.7. The highest BCUT2D eigenvalue weighted by molar-refractivity contribution is 6.04. The van der Waals surface area contributed by atoms with Crippen LogP contribution in [0.15, 0.2) is 425 Å². The van der Waals surface area contributed by atoms with Gasteiger partial charge in [0.15, 0.2) is 16.7 Å². The lowest BCUT2D eigenvalue weighted by Gasteiger charge is -2.28. The zero-order chi connectivity index (χ0) is 86.5. The summed E-state index contributed by atoms with van der Waals surface area (Å²) < 4.78 is 26.3. The number of aryl methyl sites for hydroxylation is 1. The number of rotatable bonds is 14. The first-order valence-corrected chi connectivity index (χ1v) is 44.8. The van der Waals surface area contributed by atoms with Gasteiger partial charge in [0.25, 0.3) is 0 Å². The number of fused-ring (bicyclic) bond motifs is 12. The second kappa shape index (κ2) is 30.2. The molecule has 1 aliphatic heterocycles. The predicted octanol–water partition coefficient (Wildman–Crippen LogP) is 32.8. The van der Waals surface area contributed by atoms with Crippen LogP contribution in [0.2, 0.25) is 0 Å². The van der Waals surface area contributed by atoms with Crippen LogP contribution < -0.4 is 4.74 Å². The maximum Gasteiger partial charge on any atom is 0.227 e. The van der Waals surface area contributed by atoms with Crippen molar-refractivity contribution in [3.8, 4) is 163 Å². The molecule has 614 valence electrons. The van der Waals surface area contributed by atoms with Gasteiger partial charge in [0.05, 0.1) is 0 Å². The highest BCUT2D eigenvalue weighted by atomic mass is 16.5. The number of ether oxygens (including phenoxy) is 1. The quantitative estimate of drug-likeness (QED) is 0.107. The third-order valence-electron chi connectivity index (χ3n) is 27.7. The van der Waals surface area contributed by atoms with E-state index in [-0.39, 0.29) is 10.8 Å². The highest BCUT2D eigenvalue weighted by Crippen LogP contribution is 2.55. The molecular formula is C123H83N3O4. The Bertz CT molecular complexity index is 8350. The molecule has 0 radical (unpaired) electrons. The normalized spacial score (nSPS) is 14.2. The summed E-state index contributed by atoms with van der Waals surface area (Å²) in [7, 11) is 0. The van der Waals surface area contributed by atoms with Gasteiger partial charge in [-0.2, -0.15) is 0 Å². The Balaban J connectivity index is 0.508. The summed E-state index contributed by atoms with van der Waals surface area (Å²) in [5.41, 5.74) is 42.3. The van der Waals surface area contributed by atoms with Crippen molar-refractivity contribution in [1.29, 1.82) is 0 Å². The molecule has 0 N–H and O–H groups in total. The number of aromatic nitrogens is 3. The second-order valence-electron chi connectivity index (χ2n) is 35.8. The zero-order valence-electron chi connectivity index (χ0n) is 72.1. The van der Waals surface area contributed by atoms with Crippen LogP contribution in [0.4, 0.5) is 0 Å². The van der Waals surface area contributed by atoms with Crippen LogP contribution >= 0.6 is 0 Å². The van der Waals surface area contributed by atoms with Crippen molar-refractivity contribution >= 4 is 60.6 Å². The average Bonchev–Trinajstić information content (AvgIpc) is 1.50. The molecule has 3 aliphatic rings. The van der Waals surface area contributed by atoms with Gasteiger partial charge in [0.2, 0.25) is 17.7 Å². The Hall–Kier alpha value is -16.4. The van der Waals surface area contributed by atoms with Crippen LogP contribution in [0.3, 0.4) is 0 Å². The van der Waals surface area contributed by atoms with E-state index < -0.39 is 0 Å². The molecule has 130 heavy (non-hydrogen) atoms. The van der Waals surface area contributed by atoms with E-state index in [0.717, 1.165) is 163 Å². The number of hydrogen-bond donors (Lipinski definition) is 0. The van der Waals surface area contributed by atoms with E-state index in [1.165, 1.54) is 99.4 Å². The van der Waals surface area contributed by atoms with Crippen molar-refractivity contribution in [2.45, 2.75) is 51.4 Å². The molecule has 4 heterocycles. The van der Waals surface area contributed by atoms with Crippen molar-refractivity contribution in [2.24, 2.45) is 0 Å². The fourth-order valence-corrected chi connectivity index (χ4v) is 20.7. The van der Waals surface area contributed by atoms with Gasteiger partial charge in [-0.1, -0.05) is 263 Å². The topological polar surface area (TPSA) is 87.3 Å². The van der Waals surface area contributed by atoms with Crippen LogP contribution in [0, 0.1) is 0 Å². The minimum Gasteiger partial charge on any atom is -0.457 e. The molecule has 3 aromatic heterocycles. The molecule has 0 amide bonds. The number of benzene rings is 19. The van der Waals surface area contributed by atoms with Gasteiger partial charge in [-0.3, -0.25) is 0 Å². The Labute approximate surface area is 753 Å². The van der Waals surface area contributed by atoms with Crippen LogP contribution in [0.1, 0.15) is 73.1 Å². The summed E-state index contributed by atoms with van der Waals surface area (Å²) in [6.45, 7) is 9.32. The largest absolute Gasteiger partial charge is 0.457 e. The third kappa shape index (κ3) is 13.0. The van der Waals surface area contributed by atoms with Crippen LogP contribution in [-0.2, 0) is 17.3 Å². The minimum absolute atomic E-state index is 0.128. The number of oxazole rings is 3. The van der Waals surface area contributed by atoms with Crippen LogP contribution in [0.5, 0.6) is 5.75 Å². The summed E-state index contributed by atoms with van der Waals surface area (Å²) in [5, 5.41) is 4.74. The first kappa shape index (κ1) is 76.1. The monoisotopic (exact) mass is 1670 g/mol. The molecular weight excluding hydrogens is 1580 g/mol. The lowest BCUT2D eigenvalue weighted by atomic mass is 9.74. The third-order valence-corrected chi connectivity index (χ3v) is 27.7. The molecule has 22 aromatic rings. The molecule has 25 rings (SSSR count). The summed E-state index contributed by atoms with van der Waals surface area (Å²) >= 11 is 0. The summed E-state index contributed by atoms with van der Waals surface area (Å²) in [4.78, 5) is 14.9. The predicted molar refractivity (Wildman–Crippen MR) is 532 cm³/mol. The molecule has 7 nitrogen and oxygen atoms in total. The van der Waals surface area contributed by atoms with E-state index in [1.807, 2.05) is 54.6 Å². The second-order valence-corrected chi connectivity index (χ2v) is 35.8. The van der Waals surface area contributed by atoms with E-state index in [2.05, 4.69) is 380 Å². The Kier molecular flexibility index (Phi) is 17.7. The summed E-state index contributed by atoms with van der Waals surface area (Å²) in [6.07, 6.45) is 1.67. The van der Waals surface area contributed by atoms with E-state index in [1.54, 1.807) is 0 Å². The van der Waals surface area contributed by atoms with Crippen molar-refractivity contribution < 1.29 is 18.0 Å². The maximum atomic E-state index is 7.09. The minimum atomic E-state index is -0.335. The van der Waals surface area contributed by atoms with Gasteiger partial charge in [-0.15, -0.1) is 0 Å². The summed E-state index contributed by atoms with van der Waals surface area (Å²) in [6, 6.07) is 148. The van der Waals surface area contributed by atoms with Gasteiger partial charge < -0.3 is 18.0 Å². The lowest BCUT2D eigenvalue weighted by molar-refractivity contribution is 0.510. The van der Waals surface area contributed by atoms with E-state index in [9.17, 15) is 0 Å². The van der Waals surface area contributed by atoms with Crippen LogP contribution in [0.25, 0.3) is 217 Å². The van der Waals surface area contributed by atoms with Gasteiger partial charge in [0, 0.05) is 33.1 Å². The average molecular weight is 1670 g/mol. The van der Waals surface area contributed by atoms with Crippen molar-refractivity contribution in [3.63, 3.8) is 0 Å². The van der Waals surface area contributed by atoms with Gasteiger partial charge >= 0.3 is 0 Å². The van der Waals surface area contributed by atoms with Gasteiger partial charge in [-0.25, -0.2) is 15.0 Å². The molecule has 2 aliphatic carbocycles. The zero-order valence-corrected chi connectivity index (χ0v) is 72.1. The standard InChI is InChI=1S/C123H83N3O4/c1-74-34-35-89-60-83(54-58-114(89)127-118(74)79-44-36-75(37-45-79)90-63-91(76-38-46-80(47-39-76)119-124-111-30-16-18-32-115(111)128-119)66-96(65-90)105-69-94(61-87-20-8-10-24-99(87)105)84-52-56-103-101-26-12-14-28-107(101)122(2,3)109(103)71-84)86-55-59-117-113(73-86)126-121(130-117)82-50-42-78(43-51-82)93-64-92(77-40-48-81(49-41-77)120-125-112-31-17-19-33-116(112)129-120)67-97(68-93)106-70-95(62-88-21-9-11-25-100(88)106)85-53-57-104-102-27-13-15-29-108(102)123(4,110(104)72-85)98-22-6-5-7-23-98/h5-33,36-73H,34-35H2,1-4H3. The molecule has 0 saturated carbocycles. The van der Waals surface area contributed by atoms with Gasteiger partial charge in [-0.05, 0) is 367 Å². The summed E-state index contributed by atoms with van der Waals surface area (Å²) in [5.74, 6) is 3.50. The number of para-hydroxylation sites is 4. The molecule has 0 bridgehead atoms. The molecule has 1 atom stereocenters. The first-order valence-electron chi connectivity index (χ1n) is 44.8. The SMILES string of the molecule is CC1=C(c2ccc(-c3cc(-c4ccc(-c5nc6ccccc6o5)cc4)cc(-c4cc(-c5ccc6c(c5)C(C)(C)c5ccccc5-6)cc5ccccc45)c3)cc2)Oc2ccc(-c3ccc4oc(-c5ccc(-c6cc(-c7ccc(-c8nc9ccccc9o8)cc7)cc(-c7cc(-c8ccc9c(c8)C(C)(c8ccccc8)c8ccccc8-9)cc8ccccc78)c6)cc5)nc4c3)cc2CC1. The fraction of sp³-hybridized carbons (Fsp3) is 0.0650. The molecule has 19 aromatic carbocycles. The highest BCUT2D eigenvalue weighted by Gasteiger charge is 2.41. The van der Waals surface area contributed by atoms with Crippen LogP contribution in [-0.4, -0.2) is 15.0 Å². The molecule has 0 fully saturated rings. The Morgan fingerprint density at radius 3 is 1.15 bits per heavy atom. The molecule has 0 spiro atoms. The van der Waals surface area contributed by atoms with Crippen molar-refractivity contribution in [3.05, 3.63) is 451 Å². The van der Waals surface area contributed by atoms with Crippen molar-refractivity contribution in [2.75, 3.05) is 0 Å². The van der Waals surface area contributed by atoms with E-state index in [4.69, 9.17) is 32.9 Å².